The maximum Gasteiger partial charge on any atom is 0.243 e. The highest BCUT2D eigenvalue weighted by Gasteiger charge is 2.33. The van der Waals surface area contributed by atoms with Crippen LogP contribution in [-0.2, 0) is 20.0 Å². The van der Waals surface area contributed by atoms with E-state index in [9.17, 15) is 16.8 Å². The minimum Gasteiger partial charge on any atom is -0.211 e. The molecule has 3 rings (SSSR count). The lowest BCUT2D eigenvalue weighted by atomic mass is 10.0. The Hall–Kier alpha value is -1.74. The van der Waals surface area contributed by atoms with E-state index in [0.717, 1.165) is 30.4 Å². The van der Waals surface area contributed by atoms with Gasteiger partial charge in [-0.3, -0.25) is 0 Å². The zero-order valence-corrected chi connectivity index (χ0v) is 20.0. The van der Waals surface area contributed by atoms with Crippen molar-refractivity contribution in [2.45, 2.75) is 68.2 Å². The highest BCUT2D eigenvalue weighted by molar-refractivity contribution is 7.89. The lowest BCUT2D eigenvalue weighted by Gasteiger charge is -2.34. The largest absolute Gasteiger partial charge is 0.243 e. The quantitative estimate of drug-likeness (QED) is 0.639. The standard InChI is InChI=1S/C23H32N2O4S2/c1-18(2)20-9-13-22(14-10-20)30(26,27)24-16-15-21-6-4-5-17-25(21)31(28,29)23-11-7-19(3)8-12-23/h7-14,18,21,24H,4-6,15-17H2,1-3H3. The van der Waals surface area contributed by atoms with Gasteiger partial charge in [-0.2, -0.15) is 4.31 Å². The maximum atomic E-state index is 13.2. The minimum atomic E-state index is -3.63. The van der Waals surface area contributed by atoms with Crippen LogP contribution in [0.3, 0.4) is 0 Å². The van der Waals surface area contributed by atoms with Gasteiger partial charge in [-0.15, -0.1) is 0 Å². The number of sulfonamides is 2. The summed E-state index contributed by atoms with van der Waals surface area (Å²) < 4.78 is 55.8. The molecule has 6 nitrogen and oxygen atoms in total. The Bertz CT molecular complexity index is 1080. The lowest BCUT2D eigenvalue weighted by molar-refractivity contribution is 0.242. The third-order valence-corrected chi connectivity index (χ3v) is 9.27. The van der Waals surface area contributed by atoms with Crippen molar-refractivity contribution >= 4 is 20.0 Å². The van der Waals surface area contributed by atoms with Crippen molar-refractivity contribution in [2.24, 2.45) is 0 Å². The van der Waals surface area contributed by atoms with Gasteiger partial charge in [0.2, 0.25) is 20.0 Å². The van der Waals surface area contributed by atoms with Crippen LogP contribution in [0.15, 0.2) is 58.3 Å². The number of rotatable bonds is 8. The van der Waals surface area contributed by atoms with Crippen LogP contribution in [0.2, 0.25) is 0 Å². The van der Waals surface area contributed by atoms with Crippen molar-refractivity contribution in [3.05, 3.63) is 59.7 Å². The molecule has 1 aliphatic rings. The first-order valence-electron chi connectivity index (χ1n) is 10.8. The number of hydrogen-bond donors (Lipinski definition) is 1. The number of aryl methyl sites for hydroxylation is 1. The maximum absolute atomic E-state index is 13.2. The number of hydrogen-bond acceptors (Lipinski definition) is 4. The van der Waals surface area contributed by atoms with Crippen LogP contribution >= 0.6 is 0 Å². The topological polar surface area (TPSA) is 83.6 Å². The highest BCUT2D eigenvalue weighted by atomic mass is 32.2. The Morgan fingerprint density at radius 1 is 0.935 bits per heavy atom. The molecular weight excluding hydrogens is 432 g/mol. The van der Waals surface area contributed by atoms with E-state index in [0.29, 0.717) is 18.9 Å². The van der Waals surface area contributed by atoms with Gasteiger partial charge in [-0.05, 0) is 61.9 Å². The van der Waals surface area contributed by atoms with Crippen molar-refractivity contribution in [3.63, 3.8) is 0 Å². The number of nitrogens with one attached hydrogen (secondary N) is 1. The molecule has 31 heavy (non-hydrogen) atoms. The van der Waals surface area contributed by atoms with Crippen LogP contribution in [0.4, 0.5) is 0 Å². The molecule has 2 aromatic rings. The predicted molar refractivity (Wildman–Crippen MR) is 123 cm³/mol. The molecule has 2 aromatic carbocycles. The van der Waals surface area contributed by atoms with Crippen molar-refractivity contribution in [1.29, 1.82) is 0 Å². The normalized spacial score (nSPS) is 18.4. The first-order chi connectivity index (χ1) is 14.6. The van der Waals surface area contributed by atoms with Gasteiger partial charge in [0.05, 0.1) is 9.79 Å². The molecule has 170 valence electrons. The fraction of sp³-hybridized carbons (Fsp3) is 0.478. The Morgan fingerprint density at radius 2 is 1.55 bits per heavy atom. The number of benzene rings is 2. The van der Waals surface area contributed by atoms with Gasteiger partial charge < -0.3 is 0 Å². The number of piperidine rings is 1. The van der Waals surface area contributed by atoms with Gasteiger partial charge in [0.1, 0.15) is 0 Å². The van der Waals surface area contributed by atoms with E-state index < -0.39 is 20.0 Å². The SMILES string of the molecule is Cc1ccc(S(=O)(=O)N2CCCCC2CCNS(=O)(=O)c2ccc(C(C)C)cc2)cc1. The summed E-state index contributed by atoms with van der Waals surface area (Å²) >= 11 is 0. The van der Waals surface area contributed by atoms with Gasteiger partial charge in [-0.1, -0.05) is 50.1 Å². The molecule has 1 aliphatic heterocycles. The average molecular weight is 465 g/mol. The molecule has 0 aliphatic carbocycles. The smallest absolute Gasteiger partial charge is 0.211 e. The highest BCUT2D eigenvalue weighted by Crippen LogP contribution is 2.27. The zero-order valence-electron chi connectivity index (χ0n) is 18.4. The average Bonchev–Trinajstić information content (AvgIpc) is 2.74. The van der Waals surface area contributed by atoms with Gasteiger partial charge in [0.25, 0.3) is 0 Å². The first-order valence-corrected chi connectivity index (χ1v) is 13.7. The Labute approximate surface area is 186 Å². The summed E-state index contributed by atoms with van der Waals surface area (Å²) in [5, 5.41) is 0. The zero-order chi connectivity index (χ0) is 22.6. The lowest BCUT2D eigenvalue weighted by Crippen LogP contribution is -2.45. The third kappa shape index (κ3) is 5.74. The Morgan fingerprint density at radius 3 is 2.16 bits per heavy atom. The monoisotopic (exact) mass is 464 g/mol. The molecule has 0 amide bonds. The van der Waals surface area contributed by atoms with E-state index in [2.05, 4.69) is 18.6 Å². The van der Waals surface area contributed by atoms with Gasteiger partial charge in [0.15, 0.2) is 0 Å². The second-order valence-electron chi connectivity index (χ2n) is 8.49. The van der Waals surface area contributed by atoms with Crippen LogP contribution in [0.25, 0.3) is 0 Å². The van der Waals surface area contributed by atoms with E-state index >= 15 is 0 Å². The van der Waals surface area contributed by atoms with Crippen LogP contribution in [0, 0.1) is 6.92 Å². The molecule has 0 saturated carbocycles. The second-order valence-corrected chi connectivity index (χ2v) is 12.1. The van der Waals surface area contributed by atoms with Crippen molar-refractivity contribution in [2.75, 3.05) is 13.1 Å². The number of nitrogens with zero attached hydrogens (tertiary/aromatic N) is 1. The van der Waals surface area contributed by atoms with E-state index in [4.69, 9.17) is 0 Å². The molecule has 0 radical (unpaired) electrons. The van der Waals surface area contributed by atoms with E-state index in [-0.39, 0.29) is 22.4 Å². The van der Waals surface area contributed by atoms with Crippen LogP contribution in [0.1, 0.15) is 56.6 Å². The van der Waals surface area contributed by atoms with Gasteiger partial charge in [-0.25, -0.2) is 21.6 Å². The van der Waals surface area contributed by atoms with E-state index in [1.807, 2.05) is 19.1 Å². The molecule has 1 saturated heterocycles. The molecule has 1 N–H and O–H groups in total. The van der Waals surface area contributed by atoms with Crippen molar-refractivity contribution in [3.8, 4) is 0 Å². The van der Waals surface area contributed by atoms with Crippen molar-refractivity contribution in [1.82, 2.24) is 9.03 Å². The minimum absolute atomic E-state index is 0.193. The summed E-state index contributed by atoms with van der Waals surface area (Å²) in [5.74, 6) is 0.331. The second kappa shape index (κ2) is 9.81. The summed E-state index contributed by atoms with van der Waals surface area (Å²) in [5.41, 5.74) is 2.09. The molecule has 0 aromatic heterocycles. The molecule has 1 heterocycles. The third-order valence-electron chi connectivity index (χ3n) is 5.83. The first kappa shape index (κ1) is 23.9. The summed E-state index contributed by atoms with van der Waals surface area (Å²) in [6.07, 6.45) is 2.92. The molecular formula is C23H32N2O4S2. The predicted octanol–water partition coefficient (Wildman–Crippen LogP) is 4.03. The summed E-state index contributed by atoms with van der Waals surface area (Å²) in [4.78, 5) is 0.514. The summed E-state index contributed by atoms with van der Waals surface area (Å²) in [6.45, 7) is 6.69. The Balaban J connectivity index is 1.67. The molecule has 0 bridgehead atoms. The van der Waals surface area contributed by atoms with E-state index in [1.54, 1.807) is 40.7 Å². The molecule has 0 spiro atoms. The summed E-state index contributed by atoms with van der Waals surface area (Å²) in [6, 6.07) is 13.5. The molecule has 1 unspecified atom stereocenters. The van der Waals surface area contributed by atoms with Crippen LogP contribution < -0.4 is 4.72 Å². The fourth-order valence-electron chi connectivity index (χ4n) is 3.90. The van der Waals surface area contributed by atoms with Crippen molar-refractivity contribution < 1.29 is 16.8 Å². The van der Waals surface area contributed by atoms with Crippen LogP contribution in [-0.4, -0.2) is 40.3 Å². The molecule has 8 heteroatoms. The van der Waals surface area contributed by atoms with Crippen LogP contribution in [0.5, 0.6) is 0 Å². The van der Waals surface area contributed by atoms with Gasteiger partial charge >= 0.3 is 0 Å². The molecule has 1 fully saturated rings. The Kier molecular flexibility index (Phi) is 7.57. The molecule has 1 atom stereocenters. The van der Waals surface area contributed by atoms with E-state index in [1.165, 1.54) is 0 Å². The fourth-order valence-corrected chi connectivity index (χ4v) is 6.67. The summed E-state index contributed by atoms with van der Waals surface area (Å²) in [7, 11) is -7.23. The van der Waals surface area contributed by atoms with Gasteiger partial charge in [0, 0.05) is 19.1 Å².